The normalized spacial score (nSPS) is 25.2. The fourth-order valence-corrected chi connectivity index (χ4v) is 7.11. The van der Waals surface area contributed by atoms with E-state index in [9.17, 15) is 12.8 Å². The van der Waals surface area contributed by atoms with E-state index in [0.717, 1.165) is 51.3 Å². The molecule has 34 heavy (non-hydrogen) atoms. The first-order chi connectivity index (χ1) is 16.3. The van der Waals surface area contributed by atoms with Crippen molar-refractivity contribution in [3.8, 4) is 0 Å². The highest BCUT2D eigenvalue weighted by molar-refractivity contribution is 7.90. The summed E-state index contributed by atoms with van der Waals surface area (Å²) in [6.45, 7) is 11.4. The molecule has 2 saturated heterocycles. The Labute approximate surface area is 203 Å². The van der Waals surface area contributed by atoms with Crippen molar-refractivity contribution in [2.45, 2.75) is 44.5 Å². The van der Waals surface area contributed by atoms with Gasteiger partial charge in [0.25, 0.3) is 0 Å². The number of halogens is 1. The molecule has 2 heterocycles. The summed E-state index contributed by atoms with van der Waals surface area (Å²) in [7, 11) is -3.42. The van der Waals surface area contributed by atoms with Crippen LogP contribution in [0.5, 0.6) is 0 Å². The predicted octanol–water partition coefficient (Wildman–Crippen LogP) is 3.69. The molecule has 0 radical (unpaired) electrons. The third-order valence-corrected chi connectivity index (χ3v) is 9.09. The number of hydrogen-bond donors (Lipinski definition) is 2. The van der Waals surface area contributed by atoms with Crippen LogP contribution in [0.25, 0.3) is 0 Å². The average molecular weight is 489 g/mol. The molecule has 4 rings (SSSR count). The van der Waals surface area contributed by atoms with Gasteiger partial charge in [-0.1, -0.05) is 57.2 Å². The van der Waals surface area contributed by atoms with Crippen LogP contribution in [-0.2, 0) is 10.0 Å². The number of nitrogens with one attached hydrogen (secondary N) is 2. The van der Waals surface area contributed by atoms with Gasteiger partial charge in [0, 0.05) is 32.1 Å². The number of rotatable bonds is 8. The van der Waals surface area contributed by atoms with Gasteiger partial charge in [-0.2, -0.15) is 4.72 Å². The molecule has 6 nitrogen and oxygen atoms in total. The summed E-state index contributed by atoms with van der Waals surface area (Å²) in [4.78, 5) is 4.49. The summed E-state index contributed by atoms with van der Waals surface area (Å²) < 4.78 is 42.6. The van der Waals surface area contributed by atoms with Gasteiger partial charge in [-0.15, -0.1) is 0 Å². The first-order valence-corrected chi connectivity index (χ1v) is 13.9. The lowest BCUT2D eigenvalue weighted by atomic mass is 9.95. The van der Waals surface area contributed by atoms with Crippen LogP contribution in [0.15, 0.2) is 48.5 Å². The first kappa shape index (κ1) is 25.1. The molecule has 2 aliphatic heterocycles. The summed E-state index contributed by atoms with van der Waals surface area (Å²) in [6.07, 6.45) is 0.663. The Morgan fingerprint density at radius 1 is 1.06 bits per heavy atom. The van der Waals surface area contributed by atoms with E-state index in [-0.39, 0.29) is 17.9 Å². The van der Waals surface area contributed by atoms with Crippen molar-refractivity contribution < 1.29 is 12.8 Å². The van der Waals surface area contributed by atoms with E-state index in [0.29, 0.717) is 11.6 Å². The van der Waals surface area contributed by atoms with Crippen molar-refractivity contribution in [1.29, 1.82) is 0 Å². The lowest BCUT2D eigenvalue weighted by Gasteiger charge is -2.36. The van der Waals surface area contributed by atoms with E-state index in [1.807, 2.05) is 43.3 Å². The Morgan fingerprint density at radius 3 is 2.38 bits per heavy atom. The van der Waals surface area contributed by atoms with Crippen molar-refractivity contribution in [2.75, 3.05) is 44.2 Å². The van der Waals surface area contributed by atoms with Crippen molar-refractivity contribution in [1.82, 2.24) is 14.9 Å². The molecule has 186 valence electrons. The number of hydrogen-bond acceptors (Lipinski definition) is 5. The molecule has 2 N–H and O–H groups in total. The van der Waals surface area contributed by atoms with Crippen molar-refractivity contribution in [3.05, 3.63) is 65.5 Å². The molecule has 0 spiro atoms. The van der Waals surface area contributed by atoms with Crippen LogP contribution < -0.4 is 14.9 Å². The highest BCUT2D eigenvalue weighted by Gasteiger charge is 2.44. The topological polar surface area (TPSA) is 64.7 Å². The number of anilines is 1. The molecule has 0 aliphatic carbocycles. The van der Waals surface area contributed by atoms with E-state index in [2.05, 4.69) is 33.7 Å². The quantitative estimate of drug-likeness (QED) is 0.555. The highest BCUT2D eigenvalue weighted by Crippen LogP contribution is 2.37. The van der Waals surface area contributed by atoms with Crippen LogP contribution in [0.4, 0.5) is 10.1 Å². The second kappa shape index (κ2) is 10.7. The lowest BCUT2D eigenvalue weighted by Crippen LogP contribution is -2.48. The summed E-state index contributed by atoms with van der Waals surface area (Å²) in [6, 6.07) is 14.9. The lowest BCUT2D eigenvalue weighted by molar-refractivity contribution is 0.249. The number of benzene rings is 2. The SMILES string of the molecule is CC(C)c1ccc(C2C(C)C(NCCCN3CCN(c4ccccc4F)CC3)NS2(=O)=O)cc1. The molecule has 3 atom stereocenters. The average Bonchev–Trinajstić information content (AvgIpc) is 3.05. The first-order valence-electron chi connectivity index (χ1n) is 12.3. The Balaban J connectivity index is 1.23. The van der Waals surface area contributed by atoms with Crippen LogP contribution in [0, 0.1) is 11.7 Å². The van der Waals surface area contributed by atoms with Crippen molar-refractivity contribution >= 4 is 15.7 Å². The molecular formula is C26H37FN4O2S. The van der Waals surface area contributed by atoms with E-state index in [1.54, 1.807) is 6.07 Å². The van der Waals surface area contributed by atoms with Crippen LogP contribution in [-0.4, -0.2) is 58.8 Å². The maximum absolute atomic E-state index is 14.0. The van der Waals surface area contributed by atoms with Crippen LogP contribution in [0.3, 0.4) is 0 Å². The Kier molecular flexibility index (Phi) is 7.92. The minimum atomic E-state index is -3.42. The smallest absolute Gasteiger partial charge is 0.220 e. The molecule has 0 saturated carbocycles. The monoisotopic (exact) mass is 488 g/mol. The van der Waals surface area contributed by atoms with Gasteiger partial charge in [0.05, 0.1) is 11.9 Å². The zero-order chi connectivity index (χ0) is 24.3. The minimum absolute atomic E-state index is 0.0702. The molecule has 2 fully saturated rings. The van der Waals surface area contributed by atoms with Gasteiger partial charge in [0.15, 0.2) is 0 Å². The van der Waals surface area contributed by atoms with E-state index < -0.39 is 15.3 Å². The fourth-order valence-electron chi connectivity index (χ4n) is 5.08. The van der Waals surface area contributed by atoms with Crippen LogP contribution in [0.1, 0.15) is 49.5 Å². The van der Waals surface area contributed by atoms with Crippen molar-refractivity contribution in [2.24, 2.45) is 5.92 Å². The maximum atomic E-state index is 14.0. The zero-order valence-electron chi connectivity index (χ0n) is 20.4. The molecule has 8 heteroatoms. The predicted molar refractivity (Wildman–Crippen MR) is 136 cm³/mol. The van der Waals surface area contributed by atoms with Gasteiger partial charge >= 0.3 is 0 Å². The van der Waals surface area contributed by atoms with Gasteiger partial charge in [-0.25, -0.2) is 12.8 Å². The summed E-state index contributed by atoms with van der Waals surface area (Å²) in [5.41, 5.74) is 2.74. The third kappa shape index (κ3) is 5.62. The number of sulfonamides is 1. The molecule has 2 aromatic carbocycles. The highest BCUT2D eigenvalue weighted by atomic mass is 32.2. The van der Waals surface area contributed by atoms with Gasteiger partial charge < -0.3 is 10.2 Å². The molecule has 0 aromatic heterocycles. The molecule has 0 bridgehead atoms. The van der Waals surface area contributed by atoms with Gasteiger partial charge in [0.2, 0.25) is 10.0 Å². The van der Waals surface area contributed by atoms with Gasteiger partial charge in [-0.3, -0.25) is 4.90 Å². The molecular weight excluding hydrogens is 451 g/mol. The fraction of sp³-hybridized carbons (Fsp3) is 0.538. The summed E-state index contributed by atoms with van der Waals surface area (Å²) in [5.74, 6) is 0.184. The van der Waals surface area contributed by atoms with E-state index in [1.165, 1.54) is 11.6 Å². The Hall–Kier alpha value is -2.00. The third-order valence-electron chi connectivity index (χ3n) is 7.14. The molecule has 2 aromatic rings. The van der Waals surface area contributed by atoms with Crippen LogP contribution >= 0.6 is 0 Å². The van der Waals surface area contributed by atoms with Gasteiger partial charge in [-0.05, 0) is 48.7 Å². The second-order valence-electron chi connectivity index (χ2n) is 9.83. The molecule has 0 amide bonds. The summed E-state index contributed by atoms with van der Waals surface area (Å²) in [5, 5.41) is 2.88. The number of para-hydroxylation sites is 1. The van der Waals surface area contributed by atoms with Crippen molar-refractivity contribution in [3.63, 3.8) is 0 Å². The van der Waals surface area contributed by atoms with Crippen LogP contribution in [0.2, 0.25) is 0 Å². The Bertz CT molecular complexity index is 1050. The molecule has 2 aliphatic rings. The Morgan fingerprint density at radius 2 is 1.74 bits per heavy atom. The van der Waals surface area contributed by atoms with E-state index >= 15 is 0 Å². The zero-order valence-corrected chi connectivity index (χ0v) is 21.2. The largest absolute Gasteiger partial charge is 0.367 e. The number of piperazine rings is 1. The standard InChI is InChI=1S/C26H37FN4O2S/c1-19(2)21-9-11-22(12-10-21)25-20(3)26(29-34(25,32)33)28-13-6-14-30-15-17-31(18-16-30)24-8-5-4-7-23(24)27/h4-5,7-12,19-20,25-26,28-29H,6,13-18H2,1-3H3. The second-order valence-corrected chi connectivity index (χ2v) is 11.7. The molecule has 3 unspecified atom stereocenters. The number of nitrogens with zero attached hydrogens (tertiary/aromatic N) is 2. The maximum Gasteiger partial charge on any atom is 0.220 e. The van der Waals surface area contributed by atoms with Gasteiger partial charge in [0.1, 0.15) is 11.1 Å². The van der Waals surface area contributed by atoms with E-state index in [4.69, 9.17) is 0 Å². The summed E-state index contributed by atoms with van der Waals surface area (Å²) >= 11 is 0. The minimum Gasteiger partial charge on any atom is -0.367 e.